The van der Waals surface area contributed by atoms with Crippen molar-refractivity contribution >= 4 is 23.2 Å². The van der Waals surface area contributed by atoms with Crippen molar-refractivity contribution in [2.75, 3.05) is 19.6 Å². The number of nitrogens with one attached hydrogen (secondary N) is 1. The lowest BCUT2D eigenvalue weighted by Crippen LogP contribution is -2.40. The highest BCUT2D eigenvalue weighted by Crippen LogP contribution is 2.23. The molecule has 0 saturated carbocycles. The van der Waals surface area contributed by atoms with Crippen molar-refractivity contribution in [2.24, 2.45) is 5.92 Å². The topological polar surface area (TPSA) is 91.6 Å². The number of likely N-dealkylation sites (tertiary alicyclic amines) is 2. The Bertz CT molecular complexity index is 1120. The van der Waals surface area contributed by atoms with E-state index in [2.05, 4.69) is 20.4 Å². The van der Waals surface area contributed by atoms with E-state index in [1.165, 1.54) is 0 Å². The van der Waals surface area contributed by atoms with Crippen molar-refractivity contribution in [3.8, 4) is 10.7 Å². The molecule has 2 saturated heterocycles. The minimum absolute atomic E-state index is 0.00735. The highest BCUT2D eigenvalue weighted by molar-refractivity contribution is 7.13. The van der Waals surface area contributed by atoms with Crippen molar-refractivity contribution in [2.45, 2.75) is 45.3 Å². The van der Waals surface area contributed by atoms with Crippen LogP contribution in [0.1, 0.15) is 42.7 Å². The van der Waals surface area contributed by atoms with Gasteiger partial charge < -0.3 is 14.7 Å². The summed E-state index contributed by atoms with van der Waals surface area (Å²) in [7, 11) is 0. The zero-order valence-electron chi connectivity index (χ0n) is 19.1. The van der Waals surface area contributed by atoms with Crippen LogP contribution in [0.2, 0.25) is 0 Å². The lowest BCUT2D eigenvalue weighted by atomic mass is 9.95. The van der Waals surface area contributed by atoms with E-state index in [1.807, 2.05) is 46.7 Å². The number of carbonyl (C=O) groups excluding carboxylic acids is 2. The van der Waals surface area contributed by atoms with Gasteiger partial charge >= 0.3 is 0 Å². The van der Waals surface area contributed by atoms with E-state index in [4.69, 9.17) is 4.52 Å². The van der Waals surface area contributed by atoms with Gasteiger partial charge in [-0.2, -0.15) is 4.98 Å². The molecule has 34 heavy (non-hydrogen) atoms. The number of hydrogen-bond donors (Lipinski definition) is 1. The molecule has 1 aromatic carbocycles. The van der Waals surface area contributed by atoms with E-state index >= 15 is 0 Å². The van der Waals surface area contributed by atoms with Gasteiger partial charge in [-0.05, 0) is 54.9 Å². The molecule has 2 fully saturated rings. The first-order valence-electron chi connectivity index (χ1n) is 11.9. The molecule has 0 spiro atoms. The first kappa shape index (κ1) is 22.7. The first-order valence-corrected chi connectivity index (χ1v) is 12.7. The molecule has 2 aliphatic rings. The molecule has 178 valence electrons. The van der Waals surface area contributed by atoms with Gasteiger partial charge in [0.15, 0.2) is 0 Å². The third kappa shape index (κ3) is 5.37. The molecule has 0 aliphatic carbocycles. The Morgan fingerprint density at radius 3 is 2.65 bits per heavy atom. The second-order valence-corrected chi connectivity index (χ2v) is 9.89. The molecule has 2 aromatic heterocycles. The number of benzene rings is 1. The van der Waals surface area contributed by atoms with E-state index in [-0.39, 0.29) is 17.7 Å². The van der Waals surface area contributed by atoms with E-state index in [9.17, 15) is 9.59 Å². The molecule has 2 aliphatic heterocycles. The molecule has 0 bridgehead atoms. The fourth-order valence-electron chi connectivity index (χ4n) is 4.66. The summed E-state index contributed by atoms with van der Waals surface area (Å²) in [5.74, 6) is 1.57. The summed E-state index contributed by atoms with van der Waals surface area (Å²) in [5, 5.41) is 9.20. The van der Waals surface area contributed by atoms with Crippen LogP contribution >= 0.6 is 11.3 Å². The van der Waals surface area contributed by atoms with Crippen LogP contribution in [-0.2, 0) is 29.2 Å². The SMILES string of the molecule is O=C(NCc1ccccc1CN1CCCC1=O)C1CCN(Cc2nc(-c3cccs3)no2)CC1. The Labute approximate surface area is 202 Å². The Kier molecular flexibility index (Phi) is 7.01. The first-order chi connectivity index (χ1) is 16.7. The fraction of sp³-hybridized carbons (Fsp3) is 0.440. The Morgan fingerprint density at radius 2 is 1.91 bits per heavy atom. The van der Waals surface area contributed by atoms with Crippen LogP contribution in [0.25, 0.3) is 10.7 Å². The predicted molar refractivity (Wildman–Crippen MR) is 129 cm³/mol. The summed E-state index contributed by atoms with van der Waals surface area (Å²) in [6.45, 7) is 4.18. The Balaban J connectivity index is 1.09. The molecule has 1 N–H and O–H groups in total. The van der Waals surface area contributed by atoms with Gasteiger partial charge in [0.1, 0.15) is 0 Å². The highest BCUT2D eigenvalue weighted by atomic mass is 32.1. The van der Waals surface area contributed by atoms with E-state index in [0.717, 1.165) is 54.9 Å². The number of piperidine rings is 1. The third-order valence-electron chi connectivity index (χ3n) is 6.63. The number of rotatable bonds is 8. The van der Waals surface area contributed by atoms with Crippen LogP contribution in [0, 0.1) is 5.92 Å². The average molecular weight is 480 g/mol. The van der Waals surface area contributed by atoms with Gasteiger partial charge in [0.05, 0.1) is 11.4 Å². The molecule has 0 radical (unpaired) electrons. The van der Waals surface area contributed by atoms with Crippen molar-refractivity contribution in [1.29, 1.82) is 0 Å². The minimum atomic E-state index is 0.00735. The van der Waals surface area contributed by atoms with Gasteiger partial charge in [0.2, 0.25) is 23.5 Å². The summed E-state index contributed by atoms with van der Waals surface area (Å²) in [5.41, 5.74) is 2.18. The van der Waals surface area contributed by atoms with Gasteiger partial charge in [0.25, 0.3) is 0 Å². The van der Waals surface area contributed by atoms with Crippen LogP contribution in [0.15, 0.2) is 46.3 Å². The second-order valence-electron chi connectivity index (χ2n) is 8.94. The Hall–Kier alpha value is -3.04. The molecule has 4 heterocycles. The van der Waals surface area contributed by atoms with Crippen molar-refractivity contribution in [3.63, 3.8) is 0 Å². The van der Waals surface area contributed by atoms with Crippen molar-refractivity contribution < 1.29 is 14.1 Å². The number of aromatic nitrogens is 2. The standard InChI is InChI=1S/C25H29N5O3S/c31-23-8-3-11-30(23)16-20-6-2-1-5-19(20)15-26-25(32)18-9-12-29(13-10-18)17-22-27-24(28-33-22)21-7-4-14-34-21/h1-2,4-7,14,18H,3,8-13,15-17H2,(H,26,32). The maximum absolute atomic E-state index is 12.8. The zero-order valence-corrected chi connectivity index (χ0v) is 19.9. The van der Waals surface area contributed by atoms with Gasteiger partial charge in [-0.25, -0.2) is 0 Å². The lowest BCUT2D eigenvalue weighted by Gasteiger charge is -2.30. The summed E-state index contributed by atoms with van der Waals surface area (Å²) < 4.78 is 5.42. The van der Waals surface area contributed by atoms with Gasteiger partial charge in [0, 0.05) is 32.0 Å². The summed E-state index contributed by atoms with van der Waals surface area (Å²) in [6.07, 6.45) is 3.18. The predicted octanol–water partition coefficient (Wildman–Crippen LogP) is 3.45. The van der Waals surface area contributed by atoms with Gasteiger partial charge in [-0.3, -0.25) is 14.5 Å². The minimum Gasteiger partial charge on any atom is -0.352 e. The average Bonchev–Trinajstić information content (AvgIpc) is 3.62. The second kappa shape index (κ2) is 10.5. The number of thiophene rings is 1. The summed E-state index contributed by atoms with van der Waals surface area (Å²) >= 11 is 1.59. The fourth-order valence-corrected chi connectivity index (χ4v) is 5.31. The van der Waals surface area contributed by atoms with Gasteiger partial charge in [-0.1, -0.05) is 35.5 Å². The quantitative estimate of drug-likeness (QED) is 0.532. The van der Waals surface area contributed by atoms with Crippen LogP contribution in [0.5, 0.6) is 0 Å². The van der Waals surface area contributed by atoms with Gasteiger partial charge in [-0.15, -0.1) is 11.3 Å². The Morgan fingerprint density at radius 1 is 1.09 bits per heavy atom. The number of nitrogens with zero attached hydrogens (tertiary/aromatic N) is 4. The lowest BCUT2D eigenvalue weighted by molar-refractivity contribution is -0.128. The van der Waals surface area contributed by atoms with Crippen LogP contribution in [0.3, 0.4) is 0 Å². The van der Waals surface area contributed by atoms with E-state index in [1.54, 1.807) is 11.3 Å². The van der Waals surface area contributed by atoms with E-state index < -0.39 is 0 Å². The largest absolute Gasteiger partial charge is 0.352 e. The molecule has 0 atom stereocenters. The maximum Gasteiger partial charge on any atom is 0.241 e. The molecule has 8 nitrogen and oxygen atoms in total. The summed E-state index contributed by atoms with van der Waals surface area (Å²) in [6, 6.07) is 12.0. The third-order valence-corrected chi connectivity index (χ3v) is 7.50. The van der Waals surface area contributed by atoms with Crippen LogP contribution in [0.4, 0.5) is 0 Å². The molecule has 2 amide bonds. The van der Waals surface area contributed by atoms with Crippen molar-refractivity contribution in [1.82, 2.24) is 25.3 Å². The summed E-state index contributed by atoms with van der Waals surface area (Å²) in [4.78, 5) is 34.5. The van der Waals surface area contributed by atoms with E-state index in [0.29, 0.717) is 37.8 Å². The monoisotopic (exact) mass is 479 g/mol. The van der Waals surface area contributed by atoms with Crippen molar-refractivity contribution in [3.05, 3.63) is 58.8 Å². The number of carbonyl (C=O) groups is 2. The molecular formula is C25H29N5O3S. The molecule has 5 rings (SSSR count). The molecule has 3 aromatic rings. The maximum atomic E-state index is 12.8. The smallest absolute Gasteiger partial charge is 0.241 e. The molecule has 9 heteroatoms. The van der Waals surface area contributed by atoms with Crippen LogP contribution in [-0.4, -0.2) is 51.4 Å². The zero-order chi connectivity index (χ0) is 23.3. The normalized spacial score (nSPS) is 17.4. The number of hydrogen-bond acceptors (Lipinski definition) is 7. The highest BCUT2D eigenvalue weighted by Gasteiger charge is 2.26. The molecular weight excluding hydrogens is 450 g/mol. The van der Waals surface area contributed by atoms with Crippen LogP contribution < -0.4 is 5.32 Å². The molecule has 0 unspecified atom stereocenters. The number of amides is 2.